The Morgan fingerprint density at radius 3 is 2.12 bits per heavy atom. The molecule has 96 valence electrons. The highest BCUT2D eigenvalue weighted by molar-refractivity contribution is 5.29. The lowest BCUT2D eigenvalue weighted by Crippen LogP contribution is -2.37. The first-order valence-electron chi connectivity index (χ1n) is 5.93. The van der Waals surface area contributed by atoms with Gasteiger partial charge in [-0.15, -0.1) is 0 Å². The molecule has 0 fully saturated rings. The summed E-state index contributed by atoms with van der Waals surface area (Å²) in [6.45, 7) is 4.13. The van der Waals surface area contributed by atoms with E-state index in [1.807, 2.05) is 12.1 Å². The van der Waals surface area contributed by atoms with Crippen molar-refractivity contribution in [2.24, 2.45) is 5.73 Å². The summed E-state index contributed by atoms with van der Waals surface area (Å²) in [5.41, 5.74) is 7.22. The van der Waals surface area contributed by atoms with E-state index in [1.54, 1.807) is 7.11 Å². The quantitative estimate of drug-likeness (QED) is 0.853. The molecule has 0 radical (unpaired) electrons. The molecule has 0 aliphatic rings. The van der Waals surface area contributed by atoms with Crippen LogP contribution in [0.15, 0.2) is 24.3 Å². The minimum absolute atomic E-state index is 0.172. The summed E-state index contributed by atoms with van der Waals surface area (Å²) in [5.74, 6) is 0.887. The van der Waals surface area contributed by atoms with E-state index in [4.69, 9.17) is 10.5 Å². The van der Waals surface area contributed by atoms with E-state index < -0.39 is 0 Å². The van der Waals surface area contributed by atoms with Crippen molar-refractivity contribution in [3.63, 3.8) is 0 Å². The van der Waals surface area contributed by atoms with E-state index in [0.29, 0.717) is 6.04 Å². The smallest absolute Gasteiger partial charge is 0.118 e. The zero-order chi connectivity index (χ0) is 13.1. The van der Waals surface area contributed by atoms with Crippen LogP contribution in [0.5, 0.6) is 5.75 Å². The molecule has 3 nitrogen and oxygen atoms in total. The van der Waals surface area contributed by atoms with Crippen LogP contribution < -0.4 is 10.5 Å². The summed E-state index contributed by atoms with van der Waals surface area (Å²) in [6, 6.07) is 8.54. The van der Waals surface area contributed by atoms with Crippen LogP contribution in [0.3, 0.4) is 0 Å². The Morgan fingerprint density at radius 2 is 1.76 bits per heavy atom. The lowest BCUT2D eigenvalue weighted by molar-refractivity contribution is 0.243. The largest absolute Gasteiger partial charge is 0.497 e. The van der Waals surface area contributed by atoms with Gasteiger partial charge in [0.25, 0.3) is 0 Å². The van der Waals surface area contributed by atoms with Crippen LogP contribution in [0, 0.1) is 0 Å². The van der Waals surface area contributed by atoms with Gasteiger partial charge in [0.15, 0.2) is 0 Å². The number of rotatable bonds is 5. The fraction of sp³-hybridized carbons (Fsp3) is 0.571. The molecular formula is C14H24N2O. The molecule has 0 saturated carbocycles. The van der Waals surface area contributed by atoms with Crippen LogP contribution >= 0.6 is 0 Å². The number of hydrogen-bond donors (Lipinski definition) is 1. The fourth-order valence-corrected chi connectivity index (χ4v) is 1.92. The van der Waals surface area contributed by atoms with Gasteiger partial charge in [0, 0.05) is 11.6 Å². The van der Waals surface area contributed by atoms with Gasteiger partial charge < -0.3 is 15.4 Å². The number of nitrogens with two attached hydrogens (primary N) is 1. The van der Waals surface area contributed by atoms with E-state index >= 15 is 0 Å². The minimum Gasteiger partial charge on any atom is -0.497 e. The molecule has 1 atom stereocenters. The molecule has 17 heavy (non-hydrogen) atoms. The molecule has 0 aliphatic heterocycles. The Hall–Kier alpha value is -1.06. The second-order valence-electron chi connectivity index (χ2n) is 5.45. The number of methoxy groups -OCH3 is 1. The topological polar surface area (TPSA) is 38.5 Å². The van der Waals surface area contributed by atoms with Gasteiger partial charge in [0.1, 0.15) is 5.75 Å². The van der Waals surface area contributed by atoms with Gasteiger partial charge in [-0.05, 0) is 52.1 Å². The van der Waals surface area contributed by atoms with Crippen molar-refractivity contribution in [1.29, 1.82) is 0 Å². The Morgan fingerprint density at radius 1 is 1.24 bits per heavy atom. The second-order valence-corrected chi connectivity index (χ2v) is 5.45. The van der Waals surface area contributed by atoms with E-state index in [0.717, 1.165) is 12.2 Å². The van der Waals surface area contributed by atoms with Crippen LogP contribution in [0.1, 0.15) is 31.9 Å². The lowest BCUT2D eigenvalue weighted by atomic mass is 9.91. The molecule has 0 saturated heterocycles. The van der Waals surface area contributed by atoms with E-state index in [9.17, 15) is 0 Å². The lowest BCUT2D eigenvalue weighted by Gasteiger charge is -2.31. The third-order valence-electron chi connectivity index (χ3n) is 2.84. The zero-order valence-electron chi connectivity index (χ0n) is 11.5. The third kappa shape index (κ3) is 4.36. The Bertz CT molecular complexity index is 338. The summed E-state index contributed by atoms with van der Waals surface area (Å²) < 4.78 is 5.17. The van der Waals surface area contributed by atoms with Gasteiger partial charge in [-0.1, -0.05) is 12.1 Å². The highest BCUT2D eigenvalue weighted by atomic mass is 16.5. The maximum absolute atomic E-state index is 6.12. The minimum atomic E-state index is -0.172. The maximum atomic E-state index is 6.12. The second kappa shape index (κ2) is 5.52. The molecule has 0 bridgehead atoms. The fourth-order valence-electron chi connectivity index (χ4n) is 1.92. The van der Waals surface area contributed by atoms with Crippen LogP contribution in [0.4, 0.5) is 0 Å². The summed E-state index contributed by atoms with van der Waals surface area (Å²) >= 11 is 0. The number of nitrogens with zero attached hydrogens (tertiary/aromatic N) is 1. The van der Waals surface area contributed by atoms with Crippen molar-refractivity contribution in [2.45, 2.75) is 31.8 Å². The van der Waals surface area contributed by atoms with Crippen molar-refractivity contribution in [3.8, 4) is 5.75 Å². The molecule has 1 unspecified atom stereocenters. The van der Waals surface area contributed by atoms with Gasteiger partial charge in [-0.2, -0.15) is 0 Å². The number of benzene rings is 1. The number of hydrogen-bond acceptors (Lipinski definition) is 3. The zero-order valence-corrected chi connectivity index (χ0v) is 11.5. The predicted molar refractivity (Wildman–Crippen MR) is 72.3 cm³/mol. The molecule has 1 rings (SSSR count). The highest BCUT2D eigenvalue weighted by Gasteiger charge is 2.22. The van der Waals surface area contributed by atoms with Gasteiger partial charge in [-0.3, -0.25) is 0 Å². The van der Waals surface area contributed by atoms with Crippen molar-refractivity contribution in [2.75, 3.05) is 21.2 Å². The molecule has 0 heterocycles. The van der Waals surface area contributed by atoms with E-state index in [-0.39, 0.29) is 5.54 Å². The van der Waals surface area contributed by atoms with Crippen LogP contribution in [0.25, 0.3) is 0 Å². The van der Waals surface area contributed by atoms with Crippen molar-refractivity contribution >= 4 is 0 Å². The van der Waals surface area contributed by atoms with Crippen molar-refractivity contribution in [1.82, 2.24) is 4.90 Å². The summed E-state index contributed by atoms with van der Waals surface area (Å²) in [4.78, 5) is 2.20. The molecule has 0 amide bonds. The first-order chi connectivity index (χ1) is 7.83. The van der Waals surface area contributed by atoms with E-state index in [2.05, 4.69) is 45.0 Å². The van der Waals surface area contributed by atoms with Crippen LogP contribution in [-0.4, -0.2) is 31.6 Å². The molecule has 0 spiro atoms. The molecule has 0 aliphatic carbocycles. The van der Waals surface area contributed by atoms with E-state index in [1.165, 1.54) is 5.56 Å². The average Bonchev–Trinajstić information content (AvgIpc) is 2.25. The molecular weight excluding hydrogens is 212 g/mol. The Kier molecular flexibility index (Phi) is 4.54. The van der Waals surface area contributed by atoms with Gasteiger partial charge in [-0.25, -0.2) is 0 Å². The third-order valence-corrected chi connectivity index (χ3v) is 2.84. The first-order valence-corrected chi connectivity index (χ1v) is 5.93. The average molecular weight is 236 g/mol. The van der Waals surface area contributed by atoms with Crippen molar-refractivity contribution < 1.29 is 4.74 Å². The summed E-state index contributed by atoms with van der Waals surface area (Å²) in [6.07, 6.45) is 0.923. The first kappa shape index (κ1) is 14.0. The Balaban J connectivity index is 2.89. The highest BCUT2D eigenvalue weighted by Crippen LogP contribution is 2.27. The number of ether oxygens (including phenoxy) is 1. The van der Waals surface area contributed by atoms with Gasteiger partial charge in [0.2, 0.25) is 0 Å². The van der Waals surface area contributed by atoms with Gasteiger partial charge in [0.05, 0.1) is 7.11 Å². The normalized spacial score (nSPS) is 13.8. The van der Waals surface area contributed by atoms with Gasteiger partial charge >= 0.3 is 0 Å². The standard InChI is InChI=1S/C14H24N2O/c1-14(2,15)10-13(16(3)4)11-6-8-12(17-5)9-7-11/h6-9,13H,10,15H2,1-5H3. The molecule has 1 aromatic rings. The summed E-state index contributed by atoms with van der Waals surface area (Å²) in [7, 11) is 5.85. The van der Waals surface area contributed by atoms with Crippen molar-refractivity contribution in [3.05, 3.63) is 29.8 Å². The summed E-state index contributed by atoms with van der Waals surface area (Å²) in [5, 5.41) is 0. The molecule has 1 aromatic carbocycles. The maximum Gasteiger partial charge on any atom is 0.118 e. The molecule has 2 N–H and O–H groups in total. The monoisotopic (exact) mass is 236 g/mol. The SMILES string of the molecule is COc1ccc(C(CC(C)(C)N)N(C)C)cc1. The Labute approximate surface area is 105 Å². The van der Waals surface area contributed by atoms with Crippen LogP contribution in [0.2, 0.25) is 0 Å². The molecule has 3 heteroatoms. The predicted octanol–water partition coefficient (Wildman–Crippen LogP) is 2.43. The van der Waals surface area contributed by atoms with Crippen LogP contribution in [-0.2, 0) is 0 Å². The molecule has 0 aromatic heterocycles.